The molecule has 8 heteroatoms. The minimum Gasteiger partial charge on any atom is -0.491 e. The van der Waals surface area contributed by atoms with E-state index in [2.05, 4.69) is 31.2 Å². The zero-order chi connectivity index (χ0) is 20.6. The van der Waals surface area contributed by atoms with E-state index in [1.165, 1.54) is 6.33 Å². The predicted octanol–water partition coefficient (Wildman–Crippen LogP) is 2.40. The topological polar surface area (TPSA) is 92.6 Å². The number of ether oxygens (including phenoxy) is 2. The third-order valence-corrected chi connectivity index (χ3v) is 5.05. The number of nitrogens with one attached hydrogen (secondary N) is 1. The lowest BCUT2D eigenvalue weighted by atomic mass is 10.1. The molecule has 0 saturated carbocycles. The van der Waals surface area contributed by atoms with Crippen LogP contribution in [0.1, 0.15) is 12.1 Å². The molecular formula is C22H27N5O3. The van der Waals surface area contributed by atoms with Crippen LogP contribution in [-0.2, 0) is 11.2 Å². The highest BCUT2D eigenvalue weighted by molar-refractivity contribution is 5.90. The predicted molar refractivity (Wildman–Crippen MR) is 115 cm³/mol. The van der Waals surface area contributed by atoms with Gasteiger partial charge in [-0.1, -0.05) is 6.07 Å². The van der Waals surface area contributed by atoms with Gasteiger partial charge in [-0.3, -0.25) is 9.88 Å². The number of rotatable bonds is 9. The first kappa shape index (κ1) is 20.5. The van der Waals surface area contributed by atoms with Crippen LogP contribution < -0.4 is 10.1 Å². The van der Waals surface area contributed by atoms with E-state index >= 15 is 0 Å². The number of fused-ring (bicyclic) bond motifs is 1. The molecule has 0 amide bonds. The van der Waals surface area contributed by atoms with Crippen LogP contribution in [0.5, 0.6) is 5.75 Å². The maximum atomic E-state index is 8.94. The van der Waals surface area contributed by atoms with Crippen molar-refractivity contribution in [3.05, 3.63) is 48.5 Å². The standard InChI is InChI=1S/C22H27N5O3/c28-9-12-30-19-5-1-3-18(13-19)26-22-20-14-17(23-15-21(20)24-16-25-22)4-2-6-27-7-10-29-11-8-27/h1,3,5,13-16,28H,2,4,6-12H2,(H,24,25,26). The fourth-order valence-electron chi connectivity index (χ4n) is 3.51. The van der Waals surface area contributed by atoms with Crippen molar-refractivity contribution in [1.82, 2.24) is 19.9 Å². The summed E-state index contributed by atoms with van der Waals surface area (Å²) < 4.78 is 10.9. The first-order valence-corrected chi connectivity index (χ1v) is 10.3. The molecule has 0 spiro atoms. The molecule has 30 heavy (non-hydrogen) atoms. The Hall–Kier alpha value is -2.81. The fraction of sp³-hybridized carbons (Fsp3) is 0.409. The summed E-state index contributed by atoms with van der Waals surface area (Å²) in [5.74, 6) is 1.43. The average molecular weight is 409 g/mol. The van der Waals surface area contributed by atoms with Gasteiger partial charge in [-0.05, 0) is 37.6 Å². The molecule has 3 heterocycles. The van der Waals surface area contributed by atoms with E-state index in [0.29, 0.717) is 5.75 Å². The molecule has 0 atom stereocenters. The highest BCUT2D eigenvalue weighted by Gasteiger charge is 2.11. The quantitative estimate of drug-likeness (QED) is 0.557. The maximum Gasteiger partial charge on any atom is 0.141 e. The average Bonchev–Trinajstić information content (AvgIpc) is 2.79. The second-order valence-electron chi connectivity index (χ2n) is 7.20. The van der Waals surface area contributed by atoms with Crippen LogP contribution in [0.4, 0.5) is 11.5 Å². The van der Waals surface area contributed by atoms with Crippen molar-refractivity contribution in [3.63, 3.8) is 0 Å². The van der Waals surface area contributed by atoms with Gasteiger partial charge in [0.2, 0.25) is 0 Å². The van der Waals surface area contributed by atoms with Gasteiger partial charge in [-0.2, -0.15) is 0 Å². The molecule has 2 aromatic heterocycles. The van der Waals surface area contributed by atoms with Gasteiger partial charge in [0.15, 0.2) is 0 Å². The highest BCUT2D eigenvalue weighted by Crippen LogP contribution is 2.25. The van der Waals surface area contributed by atoms with Gasteiger partial charge < -0.3 is 19.9 Å². The van der Waals surface area contributed by atoms with Crippen LogP contribution in [-0.4, -0.2) is 71.0 Å². The van der Waals surface area contributed by atoms with Crippen LogP contribution in [0.2, 0.25) is 0 Å². The van der Waals surface area contributed by atoms with Gasteiger partial charge in [0.1, 0.15) is 24.5 Å². The third kappa shape index (κ3) is 5.41. The Balaban J connectivity index is 1.46. The zero-order valence-electron chi connectivity index (χ0n) is 17.0. The lowest BCUT2D eigenvalue weighted by Gasteiger charge is -2.26. The lowest BCUT2D eigenvalue weighted by molar-refractivity contribution is 0.0374. The Bertz CT molecular complexity index is 962. The summed E-state index contributed by atoms with van der Waals surface area (Å²) >= 11 is 0. The SMILES string of the molecule is OCCOc1cccc(Nc2ncnc3cnc(CCCN4CCOCC4)cc23)c1. The number of aryl methyl sites for hydroxylation is 1. The molecule has 0 aliphatic carbocycles. The van der Waals surface area contributed by atoms with E-state index in [-0.39, 0.29) is 13.2 Å². The first-order valence-electron chi connectivity index (χ1n) is 10.3. The zero-order valence-corrected chi connectivity index (χ0v) is 17.0. The number of morpholine rings is 1. The normalized spacial score (nSPS) is 14.7. The van der Waals surface area contributed by atoms with Crippen LogP contribution in [0.25, 0.3) is 10.9 Å². The van der Waals surface area contributed by atoms with Crippen molar-refractivity contribution >= 4 is 22.4 Å². The summed E-state index contributed by atoms with van der Waals surface area (Å²) in [4.78, 5) is 15.8. The molecule has 1 aromatic carbocycles. The summed E-state index contributed by atoms with van der Waals surface area (Å²) in [6, 6.07) is 9.66. The molecule has 0 radical (unpaired) electrons. The van der Waals surface area contributed by atoms with Crippen LogP contribution in [0, 0.1) is 0 Å². The molecule has 0 bridgehead atoms. The summed E-state index contributed by atoms with van der Waals surface area (Å²) in [5, 5.41) is 13.2. The van der Waals surface area contributed by atoms with E-state index in [1.807, 2.05) is 30.5 Å². The van der Waals surface area contributed by atoms with Crippen molar-refractivity contribution in [2.24, 2.45) is 0 Å². The van der Waals surface area contributed by atoms with E-state index < -0.39 is 0 Å². The summed E-state index contributed by atoms with van der Waals surface area (Å²) in [6.45, 7) is 4.97. The molecule has 8 nitrogen and oxygen atoms in total. The number of hydrogen-bond donors (Lipinski definition) is 2. The number of anilines is 2. The Labute approximate surface area is 175 Å². The Morgan fingerprint density at radius 1 is 1.13 bits per heavy atom. The molecule has 3 aromatic rings. The van der Waals surface area contributed by atoms with Crippen molar-refractivity contribution < 1.29 is 14.6 Å². The fourth-order valence-corrected chi connectivity index (χ4v) is 3.51. The number of pyridine rings is 1. The molecule has 2 N–H and O–H groups in total. The Kier molecular flexibility index (Phi) is 7.02. The van der Waals surface area contributed by atoms with Crippen molar-refractivity contribution in [1.29, 1.82) is 0 Å². The summed E-state index contributed by atoms with van der Waals surface area (Å²) in [5.41, 5.74) is 2.70. The molecule has 1 aliphatic heterocycles. The molecule has 0 unspecified atom stereocenters. The van der Waals surface area contributed by atoms with Crippen molar-refractivity contribution in [3.8, 4) is 5.75 Å². The minimum absolute atomic E-state index is 0.0183. The number of nitrogens with zero attached hydrogens (tertiary/aromatic N) is 4. The number of aliphatic hydroxyl groups is 1. The van der Waals surface area contributed by atoms with Gasteiger partial charge in [-0.25, -0.2) is 9.97 Å². The van der Waals surface area contributed by atoms with Gasteiger partial charge in [0.05, 0.1) is 31.5 Å². The second-order valence-corrected chi connectivity index (χ2v) is 7.20. The molecular weight excluding hydrogens is 382 g/mol. The van der Waals surface area contributed by atoms with Crippen molar-refractivity contribution in [2.45, 2.75) is 12.8 Å². The Morgan fingerprint density at radius 2 is 2.03 bits per heavy atom. The van der Waals surface area contributed by atoms with E-state index in [0.717, 1.165) is 73.8 Å². The van der Waals surface area contributed by atoms with Gasteiger partial charge >= 0.3 is 0 Å². The molecule has 1 fully saturated rings. The molecule has 4 rings (SSSR count). The molecule has 158 valence electrons. The summed E-state index contributed by atoms with van der Waals surface area (Å²) in [7, 11) is 0. The Morgan fingerprint density at radius 3 is 2.90 bits per heavy atom. The summed E-state index contributed by atoms with van der Waals surface area (Å²) in [6.07, 6.45) is 5.31. The third-order valence-electron chi connectivity index (χ3n) is 5.05. The van der Waals surface area contributed by atoms with Crippen LogP contribution in [0.15, 0.2) is 42.9 Å². The largest absolute Gasteiger partial charge is 0.491 e. The molecule has 1 saturated heterocycles. The van der Waals surface area contributed by atoms with E-state index in [4.69, 9.17) is 14.6 Å². The minimum atomic E-state index is -0.0183. The van der Waals surface area contributed by atoms with Gasteiger partial charge in [-0.15, -0.1) is 0 Å². The number of benzene rings is 1. The smallest absolute Gasteiger partial charge is 0.141 e. The highest BCUT2D eigenvalue weighted by atomic mass is 16.5. The van der Waals surface area contributed by atoms with Crippen molar-refractivity contribution in [2.75, 3.05) is 51.4 Å². The second kappa shape index (κ2) is 10.3. The van der Waals surface area contributed by atoms with Gasteiger partial charge in [0.25, 0.3) is 0 Å². The van der Waals surface area contributed by atoms with Crippen LogP contribution >= 0.6 is 0 Å². The van der Waals surface area contributed by atoms with E-state index in [1.54, 1.807) is 0 Å². The maximum absolute atomic E-state index is 8.94. The van der Waals surface area contributed by atoms with E-state index in [9.17, 15) is 0 Å². The number of aromatic nitrogens is 3. The van der Waals surface area contributed by atoms with Gasteiger partial charge in [0, 0.05) is 35.9 Å². The number of hydrogen-bond acceptors (Lipinski definition) is 8. The van der Waals surface area contributed by atoms with Crippen LogP contribution in [0.3, 0.4) is 0 Å². The number of aliphatic hydroxyl groups excluding tert-OH is 1. The lowest BCUT2D eigenvalue weighted by Crippen LogP contribution is -2.36. The monoisotopic (exact) mass is 409 g/mol. The first-order chi connectivity index (χ1) is 14.8. The molecule has 1 aliphatic rings.